The van der Waals surface area contributed by atoms with E-state index in [9.17, 15) is 0 Å². The Hall–Kier alpha value is 0.470. The van der Waals surface area contributed by atoms with Crippen LogP contribution in [0.1, 0.15) is 66.2 Å². The SMILES string of the molecule is CC1=C(CCI)[C@@]2(C)CCCC(C)(C)C2CC1. The second-order valence-electron chi connectivity index (χ2n) is 7.05. The number of hydrogen-bond acceptors (Lipinski definition) is 0. The van der Waals surface area contributed by atoms with Crippen molar-refractivity contribution in [3.8, 4) is 0 Å². The first-order valence-corrected chi connectivity index (χ1v) is 8.69. The molecule has 0 aromatic rings. The van der Waals surface area contributed by atoms with E-state index >= 15 is 0 Å². The van der Waals surface area contributed by atoms with E-state index in [-0.39, 0.29) is 0 Å². The molecule has 0 heterocycles. The van der Waals surface area contributed by atoms with Crippen LogP contribution in [0.3, 0.4) is 0 Å². The van der Waals surface area contributed by atoms with Gasteiger partial charge in [0.2, 0.25) is 0 Å². The topological polar surface area (TPSA) is 0 Å². The molecule has 0 saturated heterocycles. The van der Waals surface area contributed by atoms with Crippen LogP contribution in [0.25, 0.3) is 0 Å². The summed E-state index contributed by atoms with van der Waals surface area (Å²) in [5.74, 6) is 0.922. The maximum Gasteiger partial charge on any atom is 0.00329 e. The monoisotopic (exact) mass is 346 g/mol. The molecular formula is C16H27I. The lowest BCUT2D eigenvalue weighted by atomic mass is 9.50. The fourth-order valence-electron chi connectivity index (χ4n) is 4.79. The first-order chi connectivity index (χ1) is 7.92. The smallest absolute Gasteiger partial charge is 0.00329 e. The van der Waals surface area contributed by atoms with E-state index in [1.54, 1.807) is 5.57 Å². The van der Waals surface area contributed by atoms with Gasteiger partial charge in [-0.2, -0.15) is 0 Å². The Morgan fingerprint density at radius 1 is 1.24 bits per heavy atom. The highest BCUT2D eigenvalue weighted by atomic mass is 127. The van der Waals surface area contributed by atoms with Crippen LogP contribution in [0.2, 0.25) is 0 Å². The van der Waals surface area contributed by atoms with Crippen LogP contribution in [0, 0.1) is 16.7 Å². The van der Waals surface area contributed by atoms with Crippen LogP contribution in [-0.4, -0.2) is 4.43 Å². The lowest BCUT2D eigenvalue weighted by molar-refractivity contribution is 0.0110. The molecule has 1 fully saturated rings. The zero-order chi connectivity index (χ0) is 12.7. The lowest BCUT2D eigenvalue weighted by Crippen LogP contribution is -2.45. The van der Waals surface area contributed by atoms with Crippen molar-refractivity contribution in [3.63, 3.8) is 0 Å². The van der Waals surface area contributed by atoms with E-state index in [0.29, 0.717) is 10.8 Å². The summed E-state index contributed by atoms with van der Waals surface area (Å²) in [7, 11) is 0. The summed E-state index contributed by atoms with van der Waals surface area (Å²) in [6.45, 7) is 9.99. The van der Waals surface area contributed by atoms with Crippen molar-refractivity contribution in [1.82, 2.24) is 0 Å². The molecule has 2 rings (SSSR count). The molecule has 98 valence electrons. The normalized spacial score (nSPS) is 36.9. The summed E-state index contributed by atoms with van der Waals surface area (Å²) in [5, 5.41) is 0. The van der Waals surface area contributed by atoms with Gasteiger partial charge in [-0.05, 0) is 55.8 Å². The molecule has 0 nitrogen and oxygen atoms in total. The third-order valence-corrected chi connectivity index (χ3v) is 6.13. The zero-order valence-electron chi connectivity index (χ0n) is 11.9. The first kappa shape index (κ1) is 13.9. The number of halogens is 1. The van der Waals surface area contributed by atoms with E-state index in [1.165, 1.54) is 43.0 Å². The molecule has 1 unspecified atom stereocenters. The molecular weight excluding hydrogens is 319 g/mol. The van der Waals surface area contributed by atoms with Gasteiger partial charge in [0, 0.05) is 4.43 Å². The molecule has 0 aromatic carbocycles. The average Bonchev–Trinajstić information content (AvgIpc) is 2.22. The molecule has 17 heavy (non-hydrogen) atoms. The van der Waals surface area contributed by atoms with Gasteiger partial charge >= 0.3 is 0 Å². The number of fused-ring (bicyclic) bond motifs is 1. The van der Waals surface area contributed by atoms with Crippen molar-refractivity contribution in [2.24, 2.45) is 16.7 Å². The van der Waals surface area contributed by atoms with Gasteiger partial charge in [-0.3, -0.25) is 0 Å². The highest BCUT2D eigenvalue weighted by Gasteiger charge is 2.49. The van der Waals surface area contributed by atoms with Gasteiger partial charge in [0.15, 0.2) is 0 Å². The summed E-state index contributed by atoms with van der Waals surface area (Å²) < 4.78 is 1.28. The maximum absolute atomic E-state index is 2.57. The van der Waals surface area contributed by atoms with E-state index in [1.807, 2.05) is 5.57 Å². The fraction of sp³-hybridized carbons (Fsp3) is 0.875. The molecule has 2 atom stereocenters. The summed E-state index contributed by atoms with van der Waals surface area (Å²) in [5.41, 5.74) is 4.63. The highest BCUT2D eigenvalue weighted by molar-refractivity contribution is 14.1. The van der Waals surface area contributed by atoms with Crippen LogP contribution < -0.4 is 0 Å². The molecule has 0 spiro atoms. The second kappa shape index (κ2) is 4.86. The predicted molar refractivity (Wildman–Crippen MR) is 84.7 cm³/mol. The number of allylic oxidation sites excluding steroid dienone is 2. The largest absolute Gasteiger partial charge is 0.0860 e. The van der Waals surface area contributed by atoms with Gasteiger partial charge in [0.1, 0.15) is 0 Å². The maximum atomic E-state index is 2.57. The van der Waals surface area contributed by atoms with Crippen molar-refractivity contribution >= 4 is 22.6 Å². The first-order valence-electron chi connectivity index (χ1n) is 7.17. The molecule has 0 aliphatic heterocycles. The van der Waals surface area contributed by atoms with E-state index in [0.717, 1.165) is 5.92 Å². The fourth-order valence-corrected chi connectivity index (χ4v) is 5.32. The average molecular weight is 346 g/mol. The van der Waals surface area contributed by atoms with Crippen molar-refractivity contribution < 1.29 is 0 Å². The Morgan fingerprint density at radius 3 is 2.59 bits per heavy atom. The van der Waals surface area contributed by atoms with Crippen LogP contribution in [0.15, 0.2) is 11.1 Å². The molecule has 2 aliphatic carbocycles. The summed E-state index contributed by atoms with van der Waals surface area (Å²) in [6, 6.07) is 0. The molecule has 2 aliphatic rings. The van der Waals surface area contributed by atoms with Crippen molar-refractivity contribution in [2.75, 3.05) is 4.43 Å². The van der Waals surface area contributed by atoms with Crippen molar-refractivity contribution in [3.05, 3.63) is 11.1 Å². The molecule has 0 radical (unpaired) electrons. The van der Waals surface area contributed by atoms with Gasteiger partial charge < -0.3 is 0 Å². The molecule has 0 aromatic heterocycles. The standard InChI is InChI=1S/C16H27I/c1-12-6-7-14-15(2,3)9-5-10-16(14,4)13(12)8-11-17/h14H,5-11H2,1-4H3/t14?,16-/m1/s1. The minimum Gasteiger partial charge on any atom is -0.0860 e. The summed E-state index contributed by atoms with van der Waals surface area (Å²) >= 11 is 2.54. The van der Waals surface area contributed by atoms with Gasteiger partial charge in [-0.1, -0.05) is 60.9 Å². The van der Waals surface area contributed by atoms with Crippen molar-refractivity contribution in [2.45, 2.75) is 66.2 Å². The quantitative estimate of drug-likeness (QED) is 0.339. The molecule has 1 saturated carbocycles. The van der Waals surface area contributed by atoms with E-state index in [4.69, 9.17) is 0 Å². The Kier molecular flexibility index (Phi) is 3.97. The van der Waals surface area contributed by atoms with Crippen LogP contribution in [0.4, 0.5) is 0 Å². The Bertz CT molecular complexity index is 326. The van der Waals surface area contributed by atoms with E-state index in [2.05, 4.69) is 50.3 Å². The second-order valence-corrected chi connectivity index (χ2v) is 8.13. The van der Waals surface area contributed by atoms with Crippen LogP contribution in [-0.2, 0) is 0 Å². The zero-order valence-corrected chi connectivity index (χ0v) is 14.1. The predicted octanol–water partition coefficient (Wildman–Crippen LogP) is 5.75. The molecule has 0 amide bonds. The van der Waals surface area contributed by atoms with Crippen molar-refractivity contribution in [1.29, 1.82) is 0 Å². The summed E-state index contributed by atoms with van der Waals surface area (Å²) in [4.78, 5) is 0. The molecule has 0 bridgehead atoms. The summed E-state index contributed by atoms with van der Waals surface area (Å²) in [6.07, 6.45) is 8.41. The Labute approximate surface area is 121 Å². The minimum atomic E-state index is 0.523. The lowest BCUT2D eigenvalue weighted by Gasteiger charge is -2.55. The van der Waals surface area contributed by atoms with Gasteiger partial charge in [-0.25, -0.2) is 0 Å². The Balaban J connectivity index is 2.39. The number of alkyl halides is 1. The molecule has 0 N–H and O–H groups in total. The van der Waals surface area contributed by atoms with E-state index < -0.39 is 0 Å². The Morgan fingerprint density at radius 2 is 1.94 bits per heavy atom. The number of hydrogen-bond donors (Lipinski definition) is 0. The molecule has 1 heteroatoms. The van der Waals surface area contributed by atoms with Crippen LogP contribution in [0.5, 0.6) is 0 Å². The van der Waals surface area contributed by atoms with Gasteiger partial charge in [0.25, 0.3) is 0 Å². The third kappa shape index (κ3) is 2.33. The van der Waals surface area contributed by atoms with Crippen LogP contribution >= 0.6 is 22.6 Å². The van der Waals surface area contributed by atoms with Gasteiger partial charge in [-0.15, -0.1) is 0 Å². The van der Waals surface area contributed by atoms with Gasteiger partial charge in [0.05, 0.1) is 0 Å². The highest BCUT2D eigenvalue weighted by Crippen LogP contribution is 2.60. The third-order valence-electron chi connectivity index (χ3n) is 5.59. The number of rotatable bonds is 2. The minimum absolute atomic E-state index is 0.523.